The first kappa shape index (κ1) is 13.5. The SMILES string of the molecule is O=C(Nc1cc(Cl)c(O)c(Cl)c1)C1CCCNC1. The number of carbonyl (C=O) groups excluding carboxylic acids is 1. The second-order valence-corrected chi connectivity index (χ2v) is 5.14. The average molecular weight is 289 g/mol. The van der Waals surface area contributed by atoms with E-state index in [1.807, 2.05) is 0 Å². The minimum atomic E-state index is -0.171. The molecule has 2 rings (SSSR count). The Bertz CT molecular complexity index is 436. The summed E-state index contributed by atoms with van der Waals surface area (Å²) in [6.07, 6.45) is 1.87. The fourth-order valence-corrected chi connectivity index (χ4v) is 2.44. The zero-order valence-electron chi connectivity index (χ0n) is 9.67. The van der Waals surface area contributed by atoms with Crippen LogP contribution >= 0.6 is 23.2 Å². The molecule has 1 atom stereocenters. The van der Waals surface area contributed by atoms with Crippen molar-refractivity contribution >= 4 is 34.8 Å². The monoisotopic (exact) mass is 288 g/mol. The summed E-state index contributed by atoms with van der Waals surface area (Å²) in [6, 6.07) is 2.97. The molecule has 0 radical (unpaired) electrons. The molecule has 0 bridgehead atoms. The van der Waals surface area contributed by atoms with Crippen molar-refractivity contribution in [3.05, 3.63) is 22.2 Å². The van der Waals surface area contributed by atoms with Gasteiger partial charge in [-0.15, -0.1) is 0 Å². The van der Waals surface area contributed by atoms with Crippen molar-refractivity contribution < 1.29 is 9.90 Å². The number of nitrogens with one attached hydrogen (secondary N) is 2. The van der Waals surface area contributed by atoms with Crippen molar-refractivity contribution in [1.82, 2.24) is 5.32 Å². The van der Waals surface area contributed by atoms with E-state index >= 15 is 0 Å². The van der Waals surface area contributed by atoms with Gasteiger partial charge >= 0.3 is 0 Å². The van der Waals surface area contributed by atoms with Crippen LogP contribution in [0.1, 0.15) is 12.8 Å². The van der Waals surface area contributed by atoms with Crippen LogP contribution in [0.3, 0.4) is 0 Å². The van der Waals surface area contributed by atoms with Gasteiger partial charge in [0.15, 0.2) is 5.75 Å². The molecule has 1 heterocycles. The predicted molar refractivity (Wildman–Crippen MR) is 72.4 cm³/mol. The number of anilines is 1. The lowest BCUT2D eigenvalue weighted by molar-refractivity contribution is -0.120. The lowest BCUT2D eigenvalue weighted by Gasteiger charge is -2.22. The highest BCUT2D eigenvalue weighted by Crippen LogP contribution is 2.34. The van der Waals surface area contributed by atoms with Crippen LogP contribution < -0.4 is 10.6 Å². The summed E-state index contributed by atoms with van der Waals surface area (Å²) in [4.78, 5) is 12.0. The Morgan fingerprint density at radius 2 is 2.06 bits per heavy atom. The molecule has 0 spiro atoms. The van der Waals surface area contributed by atoms with Crippen molar-refractivity contribution in [2.24, 2.45) is 5.92 Å². The van der Waals surface area contributed by atoms with Gasteiger partial charge in [-0.2, -0.15) is 0 Å². The maximum atomic E-state index is 12.0. The summed E-state index contributed by atoms with van der Waals surface area (Å²) in [6.45, 7) is 1.64. The Kier molecular flexibility index (Phi) is 4.32. The van der Waals surface area contributed by atoms with E-state index in [0.29, 0.717) is 12.2 Å². The Labute approximate surface area is 115 Å². The number of phenols is 1. The van der Waals surface area contributed by atoms with E-state index in [9.17, 15) is 9.90 Å². The maximum absolute atomic E-state index is 12.0. The van der Waals surface area contributed by atoms with E-state index < -0.39 is 0 Å². The van der Waals surface area contributed by atoms with E-state index in [1.54, 1.807) is 0 Å². The quantitative estimate of drug-likeness (QED) is 0.733. The fraction of sp³-hybridized carbons (Fsp3) is 0.417. The zero-order chi connectivity index (χ0) is 13.1. The van der Waals surface area contributed by atoms with E-state index in [1.165, 1.54) is 12.1 Å². The number of amides is 1. The normalized spacial score (nSPS) is 19.6. The summed E-state index contributed by atoms with van der Waals surface area (Å²) in [7, 11) is 0. The zero-order valence-corrected chi connectivity index (χ0v) is 11.2. The molecule has 0 aliphatic carbocycles. The summed E-state index contributed by atoms with van der Waals surface area (Å²) in [5.74, 6) is -0.263. The number of rotatable bonds is 2. The number of hydrogen-bond acceptors (Lipinski definition) is 3. The number of carbonyl (C=O) groups is 1. The van der Waals surface area contributed by atoms with Crippen LogP contribution in [-0.2, 0) is 4.79 Å². The third-order valence-electron chi connectivity index (χ3n) is 2.95. The predicted octanol–water partition coefficient (Wildman–Crippen LogP) is 2.64. The standard InChI is InChI=1S/C12H14Cl2N2O2/c13-9-4-8(5-10(14)11(9)17)16-12(18)7-2-1-3-15-6-7/h4-5,7,15,17H,1-3,6H2,(H,16,18). The van der Waals surface area contributed by atoms with Gasteiger partial charge < -0.3 is 15.7 Å². The average Bonchev–Trinajstić information content (AvgIpc) is 2.37. The lowest BCUT2D eigenvalue weighted by Crippen LogP contribution is -2.37. The van der Waals surface area contributed by atoms with Crippen molar-refractivity contribution in [3.8, 4) is 5.75 Å². The van der Waals surface area contributed by atoms with Gasteiger partial charge in [0, 0.05) is 12.2 Å². The topological polar surface area (TPSA) is 61.4 Å². The van der Waals surface area contributed by atoms with Gasteiger partial charge in [0.2, 0.25) is 5.91 Å². The maximum Gasteiger partial charge on any atom is 0.228 e. The van der Waals surface area contributed by atoms with Crippen molar-refractivity contribution in [1.29, 1.82) is 0 Å². The molecule has 0 saturated carbocycles. The van der Waals surface area contributed by atoms with Gasteiger partial charge in [0.1, 0.15) is 0 Å². The van der Waals surface area contributed by atoms with Crippen LogP contribution in [0.5, 0.6) is 5.75 Å². The summed E-state index contributed by atoms with van der Waals surface area (Å²) in [5.41, 5.74) is 0.498. The molecule has 18 heavy (non-hydrogen) atoms. The van der Waals surface area contributed by atoms with Gasteiger partial charge in [-0.3, -0.25) is 4.79 Å². The molecule has 1 unspecified atom stereocenters. The molecule has 98 valence electrons. The molecule has 6 heteroatoms. The minimum Gasteiger partial charge on any atom is -0.505 e. The highest BCUT2D eigenvalue weighted by Gasteiger charge is 2.21. The second-order valence-electron chi connectivity index (χ2n) is 4.32. The van der Waals surface area contributed by atoms with Gasteiger partial charge in [-0.1, -0.05) is 23.2 Å². The molecule has 1 aliphatic rings. The van der Waals surface area contributed by atoms with Crippen LogP contribution in [0, 0.1) is 5.92 Å². The van der Waals surface area contributed by atoms with Crippen LogP contribution in [0.4, 0.5) is 5.69 Å². The molecular weight excluding hydrogens is 275 g/mol. The first-order chi connectivity index (χ1) is 8.58. The van der Waals surface area contributed by atoms with Crippen molar-refractivity contribution in [2.75, 3.05) is 18.4 Å². The largest absolute Gasteiger partial charge is 0.505 e. The van der Waals surface area contributed by atoms with Crippen LogP contribution in [-0.4, -0.2) is 24.1 Å². The number of hydrogen-bond donors (Lipinski definition) is 3. The molecule has 3 N–H and O–H groups in total. The summed E-state index contributed by atoms with van der Waals surface area (Å²) >= 11 is 11.6. The Hall–Kier alpha value is -0.970. The van der Waals surface area contributed by atoms with Crippen LogP contribution in [0.15, 0.2) is 12.1 Å². The molecular formula is C12H14Cl2N2O2. The molecule has 1 aromatic carbocycles. The summed E-state index contributed by atoms with van der Waals surface area (Å²) < 4.78 is 0. The van der Waals surface area contributed by atoms with Gasteiger partial charge in [0.25, 0.3) is 0 Å². The third-order valence-corrected chi connectivity index (χ3v) is 3.53. The number of halogens is 2. The van der Waals surface area contributed by atoms with E-state index in [-0.39, 0.29) is 27.6 Å². The highest BCUT2D eigenvalue weighted by atomic mass is 35.5. The Morgan fingerprint density at radius 1 is 1.39 bits per heavy atom. The molecule has 1 aromatic rings. The minimum absolute atomic E-state index is 0.0369. The first-order valence-corrected chi connectivity index (χ1v) is 6.53. The Morgan fingerprint density at radius 3 is 2.61 bits per heavy atom. The third kappa shape index (κ3) is 3.07. The van der Waals surface area contributed by atoms with E-state index in [2.05, 4.69) is 10.6 Å². The molecule has 1 fully saturated rings. The molecule has 0 aromatic heterocycles. The van der Waals surface area contributed by atoms with Gasteiger partial charge in [-0.05, 0) is 31.5 Å². The molecule has 1 amide bonds. The van der Waals surface area contributed by atoms with E-state index in [4.69, 9.17) is 23.2 Å². The first-order valence-electron chi connectivity index (χ1n) is 5.77. The molecule has 1 aliphatic heterocycles. The lowest BCUT2D eigenvalue weighted by atomic mass is 9.99. The van der Waals surface area contributed by atoms with Crippen LogP contribution in [0.2, 0.25) is 10.0 Å². The highest BCUT2D eigenvalue weighted by molar-refractivity contribution is 6.37. The van der Waals surface area contributed by atoms with Crippen LogP contribution in [0.25, 0.3) is 0 Å². The summed E-state index contributed by atoms with van der Waals surface area (Å²) in [5, 5.41) is 15.6. The Balaban J connectivity index is 2.06. The molecule has 1 saturated heterocycles. The fourth-order valence-electron chi connectivity index (χ4n) is 1.96. The molecule has 4 nitrogen and oxygen atoms in total. The number of aromatic hydroxyl groups is 1. The number of piperidine rings is 1. The van der Waals surface area contributed by atoms with Crippen molar-refractivity contribution in [2.45, 2.75) is 12.8 Å². The van der Waals surface area contributed by atoms with Gasteiger partial charge in [0.05, 0.1) is 16.0 Å². The van der Waals surface area contributed by atoms with E-state index in [0.717, 1.165) is 19.4 Å². The smallest absolute Gasteiger partial charge is 0.228 e. The number of benzene rings is 1. The van der Waals surface area contributed by atoms with Crippen molar-refractivity contribution in [3.63, 3.8) is 0 Å². The second kappa shape index (κ2) is 5.78. The van der Waals surface area contributed by atoms with Gasteiger partial charge in [-0.25, -0.2) is 0 Å². The number of phenolic OH excluding ortho intramolecular Hbond substituents is 1.